The lowest BCUT2D eigenvalue weighted by atomic mass is 9.99. The Labute approximate surface area is 200 Å². The quantitative estimate of drug-likeness (QED) is 0.281. The number of nitriles is 1. The van der Waals surface area contributed by atoms with Crippen molar-refractivity contribution in [1.82, 2.24) is 0 Å². The normalized spacial score (nSPS) is 25.4. The molecule has 1 aromatic carbocycles. The number of anilines is 1. The zero-order chi connectivity index (χ0) is 24.7. The van der Waals surface area contributed by atoms with Crippen LogP contribution in [-0.4, -0.2) is 46.9 Å². The van der Waals surface area contributed by atoms with Crippen molar-refractivity contribution < 1.29 is 28.4 Å². The fourth-order valence-electron chi connectivity index (χ4n) is 4.65. The summed E-state index contributed by atoms with van der Waals surface area (Å²) >= 11 is 0. The van der Waals surface area contributed by atoms with Crippen molar-refractivity contribution in [2.45, 2.75) is 37.5 Å². The second kappa shape index (κ2) is 8.98. The molecule has 1 saturated carbocycles. The Balaban J connectivity index is 1.36. The van der Waals surface area contributed by atoms with Crippen LogP contribution in [0, 0.1) is 22.8 Å². The number of carbonyl (C=O) groups excluding carboxylic acids is 1. The van der Waals surface area contributed by atoms with Gasteiger partial charge in [-0.3, -0.25) is 14.4 Å². The van der Waals surface area contributed by atoms with Gasteiger partial charge >= 0.3 is 13.9 Å². The largest absolute Gasteiger partial charge is 0.469 e. The van der Waals surface area contributed by atoms with Crippen LogP contribution in [-0.2, 0) is 20.2 Å². The third kappa shape index (κ3) is 4.74. The molecular formula is C23H22N5O6P. The molecule has 2 aliphatic heterocycles. The second-order valence-electron chi connectivity index (χ2n) is 8.72. The molecule has 12 heteroatoms. The van der Waals surface area contributed by atoms with Gasteiger partial charge in [0.1, 0.15) is 12.1 Å². The number of phosphoric acid groups is 1. The Morgan fingerprint density at radius 2 is 2.20 bits per heavy atom. The maximum Gasteiger partial charge on any atom is 0.469 e. The van der Waals surface area contributed by atoms with Gasteiger partial charge in [-0.05, 0) is 47.8 Å². The van der Waals surface area contributed by atoms with E-state index in [9.17, 15) is 9.36 Å². The number of nitrogens with zero attached hydrogens (tertiary/aromatic N) is 4. The van der Waals surface area contributed by atoms with E-state index in [4.69, 9.17) is 25.3 Å². The molecule has 1 amide bonds. The summed E-state index contributed by atoms with van der Waals surface area (Å²) in [6.07, 6.45) is 7.76. The Morgan fingerprint density at radius 3 is 2.94 bits per heavy atom. The number of rotatable bonds is 8. The monoisotopic (exact) mass is 495 g/mol. The minimum atomic E-state index is -4.67. The topological polar surface area (TPSA) is 169 Å². The number of aliphatic imine (C=N–C) groups is 1. The van der Waals surface area contributed by atoms with Gasteiger partial charge in [0, 0.05) is 17.8 Å². The number of ether oxygens (including phenoxy) is 1. The van der Waals surface area contributed by atoms with Crippen molar-refractivity contribution >= 4 is 31.4 Å². The SMILES string of the molecule is N#CCC(C=NC1=CC=C(c2ccc3c(c2)CC2C(COP(=O)(O)O)OC(=O)N32)C=C2CC21)N=N. The number of carbonyl (C=O) groups is 1. The fourth-order valence-corrected chi connectivity index (χ4v) is 4.99. The van der Waals surface area contributed by atoms with Crippen LogP contribution in [0.25, 0.3) is 5.57 Å². The molecule has 0 aromatic heterocycles. The molecule has 0 spiro atoms. The second-order valence-corrected chi connectivity index (χ2v) is 9.96. The van der Waals surface area contributed by atoms with E-state index in [1.54, 1.807) is 6.21 Å². The minimum absolute atomic E-state index is 0.113. The summed E-state index contributed by atoms with van der Waals surface area (Å²) in [7, 11) is -4.67. The van der Waals surface area contributed by atoms with Crippen LogP contribution in [0.2, 0.25) is 0 Å². The smallest absolute Gasteiger partial charge is 0.441 e. The molecule has 180 valence electrons. The van der Waals surface area contributed by atoms with Crippen molar-refractivity contribution in [3.8, 4) is 6.07 Å². The summed E-state index contributed by atoms with van der Waals surface area (Å²) < 4.78 is 20.9. The maximum atomic E-state index is 12.4. The van der Waals surface area contributed by atoms with E-state index in [2.05, 4.69) is 20.7 Å². The van der Waals surface area contributed by atoms with E-state index >= 15 is 0 Å². The van der Waals surface area contributed by atoms with Crippen LogP contribution >= 0.6 is 7.82 Å². The molecule has 4 aliphatic rings. The van der Waals surface area contributed by atoms with Crippen LogP contribution in [0.4, 0.5) is 10.5 Å². The first-order valence-corrected chi connectivity index (χ1v) is 12.5. The van der Waals surface area contributed by atoms with Crippen molar-refractivity contribution in [3.05, 3.63) is 58.8 Å². The van der Waals surface area contributed by atoms with Crippen LogP contribution < -0.4 is 4.90 Å². The number of amides is 1. The number of allylic oxidation sites excluding steroid dienone is 5. The number of phosphoric ester groups is 1. The summed E-state index contributed by atoms with van der Waals surface area (Å²) in [6.45, 7) is -0.381. The predicted molar refractivity (Wildman–Crippen MR) is 125 cm³/mol. The molecule has 3 N–H and O–H groups in total. The van der Waals surface area contributed by atoms with Crippen LogP contribution in [0.1, 0.15) is 24.0 Å². The van der Waals surface area contributed by atoms with Gasteiger partial charge in [0.25, 0.3) is 0 Å². The van der Waals surface area contributed by atoms with Crippen molar-refractivity contribution in [1.29, 1.82) is 10.8 Å². The number of cyclic esters (lactones) is 1. The van der Waals surface area contributed by atoms with E-state index in [0.29, 0.717) is 6.42 Å². The minimum Gasteiger partial charge on any atom is -0.441 e. The Bertz CT molecular complexity index is 1310. The molecule has 35 heavy (non-hydrogen) atoms. The van der Waals surface area contributed by atoms with Crippen molar-refractivity contribution in [2.75, 3.05) is 11.5 Å². The molecule has 2 aliphatic carbocycles. The molecule has 1 saturated heterocycles. The summed E-state index contributed by atoms with van der Waals surface area (Å²) in [5.74, 6) is 0.220. The van der Waals surface area contributed by atoms with Gasteiger partial charge in [0.05, 0.1) is 30.8 Å². The van der Waals surface area contributed by atoms with E-state index in [-0.39, 0.29) is 18.9 Å². The zero-order valence-corrected chi connectivity index (χ0v) is 19.3. The number of benzene rings is 1. The lowest BCUT2D eigenvalue weighted by Crippen LogP contribution is -2.35. The molecule has 0 bridgehead atoms. The Kier molecular flexibility index (Phi) is 5.99. The van der Waals surface area contributed by atoms with E-state index in [1.165, 1.54) is 10.5 Å². The summed E-state index contributed by atoms with van der Waals surface area (Å²) in [4.78, 5) is 36.4. The molecule has 1 aromatic rings. The van der Waals surface area contributed by atoms with Crippen molar-refractivity contribution in [3.63, 3.8) is 0 Å². The number of hydrogen-bond donors (Lipinski definition) is 3. The highest BCUT2D eigenvalue weighted by atomic mass is 31.2. The highest BCUT2D eigenvalue weighted by Gasteiger charge is 2.48. The van der Waals surface area contributed by atoms with Crippen LogP contribution in [0.5, 0.6) is 0 Å². The van der Waals surface area contributed by atoms with E-state index < -0.39 is 32.1 Å². The maximum absolute atomic E-state index is 12.4. The first kappa shape index (κ1) is 23.3. The van der Waals surface area contributed by atoms with E-state index in [0.717, 1.165) is 34.5 Å². The van der Waals surface area contributed by atoms with Gasteiger partial charge in [-0.2, -0.15) is 10.4 Å². The van der Waals surface area contributed by atoms with E-state index in [1.807, 2.05) is 36.4 Å². The average molecular weight is 495 g/mol. The highest BCUT2D eigenvalue weighted by Crippen LogP contribution is 2.48. The molecule has 11 nitrogen and oxygen atoms in total. The fraction of sp³-hybridized carbons (Fsp3) is 0.348. The van der Waals surface area contributed by atoms with Gasteiger partial charge < -0.3 is 14.5 Å². The van der Waals surface area contributed by atoms with Gasteiger partial charge in [-0.1, -0.05) is 23.8 Å². The van der Waals surface area contributed by atoms with Gasteiger partial charge in [-0.15, -0.1) is 0 Å². The Morgan fingerprint density at radius 1 is 1.37 bits per heavy atom. The summed E-state index contributed by atoms with van der Waals surface area (Å²) in [5.41, 5.74) is 12.9. The molecule has 5 rings (SSSR count). The Hall–Kier alpha value is -3.42. The number of hydrogen-bond acceptors (Lipinski definition) is 8. The first-order valence-electron chi connectivity index (χ1n) is 11.0. The molecular weight excluding hydrogens is 473 g/mol. The molecule has 2 fully saturated rings. The molecule has 4 atom stereocenters. The van der Waals surface area contributed by atoms with Crippen LogP contribution in [0.3, 0.4) is 0 Å². The predicted octanol–water partition coefficient (Wildman–Crippen LogP) is 3.66. The van der Waals surface area contributed by atoms with Gasteiger partial charge in [0.15, 0.2) is 0 Å². The van der Waals surface area contributed by atoms with Gasteiger partial charge in [0.2, 0.25) is 0 Å². The van der Waals surface area contributed by atoms with Crippen molar-refractivity contribution in [2.24, 2.45) is 16.0 Å². The highest BCUT2D eigenvalue weighted by molar-refractivity contribution is 7.46. The molecule has 0 radical (unpaired) electrons. The lowest BCUT2D eigenvalue weighted by molar-refractivity contribution is 0.0761. The summed E-state index contributed by atoms with van der Waals surface area (Å²) in [6, 6.07) is 6.87. The first-order chi connectivity index (χ1) is 16.8. The van der Waals surface area contributed by atoms with Gasteiger partial charge in [-0.25, -0.2) is 14.9 Å². The lowest BCUT2D eigenvalue weighted by Gasteiger charge is -2.16. The van der Waals surface area contributed by atoms with Crippen LogP contribution in [0.15, 0.2) is 57.8 Å². The number of nitrogens with one attached hydrogen (secondary N) is 1. The third-order valence-electron chi connectivity index (χ3n) is 6.44. The third-order valence-corrected chi connectivity index (χ3v) is 6.92. The zero-order valence-electron chi connectivity index (χ0n) is 18.4. The number of fused-ring (bicyclic) bond motifs is 4. The average Bonchev–Trinajstić information content (AvgIpc) is 3.41. The summed E-state index contributed by atoms with van der Waals surface area (Å²) in [5, 5.41) is 12.2. The molecule has 2 heterocycles. The standard InChI is InChI=1S/C23H22N5O6P/c24-6-5-17(27-25)11-26-19-3-1-13(7-15-9-18(15)19)14-2-4-20-16(8-14)10-21-22(12-33-35(30,31)32)34-23(29)28(20)21/h1-4,7-8,11,17-18,21-22,25H,5,9-10,12H2,(H2,30,31,32). The molecule has 4 unspecified atom stereocenters.